The summed E-state index contributed by atoms with van der Waals surface area (Å²) in [4.78, 5) is 11.8. The minimum absolute atomic E-state index is 0.103. The van der Waals surface area contributed by atoms with Gasteiger partial charge in [0.25, 0.3) is 5.56 Å². The Kier molecular flexibility index (Phi) is 3.16. The lowest BCUT2D eigenvalue weighted by molar-refractivity contribution is 0.174. The molecule has 0 spiro atoms. The summed E-state index contributed by atoms with van der Waals surface area (Å²) in [5.41, 5.74) is 5.09. The van der Waals surface area contributed by atoms with E-state index in [1.165, 1.54) is 6.21 Å². The fourth-order valence-corrected chi connectivity index (χ4v) is 2.01. The third kappa shape index (κ3) is 2.10. The summed E-state index contributed by atoms with van der Waals surface area (Å²) in [6, 6.07) is 7.92. The van der Waals surface area contributed by atoms with Crippen LogP contribution in [-0.4, -0.2) is 22.8 Å². The average molecular weight is 298 g/mol. The van der Waals surface area contributed by atoms with Crippen LogP contribution in [0.4, 0.5) is 5.69 Å². The van der Waals surface area contributed by atoms with Crippen molar-refractivity contribution in [3.8, 4) is 23.4 Å². The molecule has 0 saturated heterocycles. The van der Waals surface area contributed by atoms with Gasteiger partial charge in [0.15, 0.2) is 11.5 Å². The Hall–Kier alpha value is -3.47. The predicted octanol–water partition coefficient (Wildman–Crippen LogP) is 0.619. The van der Waals surface area contributed by atoms with Crippen molar-refractivity contribution in [2.75, 3.05) is 12.5 Å². The molecule has 1 aromatic carbocycles. The zero-order valence-corrected chi connectivity index (χ0v) is 11.2. The van der Waals surface area contributed by atoms with E-state index in [0.29, 0.717) is 21.7 Å². The number of benzene rings is 1. The maximum atomic E-state index is 11.8. The summed E-state index contributed by atoms with van der Waals surface area (Å²) in [5.74, 6) is 0.443. The van der Waals surface area contributed by atoms with E-state index in [2.05, 4.69) is 5.10 Å². The van der Waals surface area contributed by atoms with Crippen molar-refractivity contribution in [3.63, 3.8) is 0 Å². The van der Waals surface area contributed by atoms with Crippen LogP contribution in [0.25, 0.3) is 0 Å². The largest absolute Gasteiger partial charge is 0.492 e. The molecule has 0 aliphatic carbocycles. The number of hydrogen-bond acceptors (Lipinski definition) is 7. The van der Waals surface area contributed by atoms with Crippen molar-refractivity contribution < 1.29 is 14.6 Å². The highest BCUT2D eigenvalue weighted by Gasteiger charge is 2.17. The van der Waals surface area contributed by atoms with E-state index in [1.54, 1.807) is 24.3 Å². The molecule has 0 bridgehead atoms. The van der Waals surface area contributed by atoms with Gasteiger partial charge in [-0.25, -0.2) is 0 Å². The Labute approximate surface area is 124 Å². The number of pyridine rings is 1. The van der Waals surface area contributed by atoms with Crippen LogP contribution in [0.3, 0.4) is 0 Å². The van der Waals surface area contributed by atoms with Gasteiger partial charge in [-0.05, 0) is 12.1 Å². The van der Waals surface area contributed by atoms with Gasteiger partial charge in [0.05, 0.1) is 11.9 Å². The molecule has 8 heteroatoms. The lowest BCUT2D eigenvalue weighted by Crippen LogP contribution is -2.17. The summed E-state index contributed by atoms with van der Waals surface area (Å²) in [7, 11) is 0. The SMILES string of the molecule is N#Cc1c(N)cc(=O)n(/N=C/c2cccc3c2OCO3)c1O. The molecule has 0 radical (unpaired) electrons. The fourth-order valence-electron chi connectivity index (χ4n) is 2.01. The van der Waals surface area contributed by atoms with Crippen molar-refractivity contribution in [1.82, 2.24) is 4.68 Å². The molecule has 1 aromatic heterocycles. The van der Waals surface area contributed by atoms with Crippen molar-refractivity contribution in [2.24, 2.45) is 5.10 Å². The number of nitrogens with zero attached hydrogens (tertiary/aromatic N) is 3. The zero-order chi connectivity index (χ0) is 15.7. The number of aromatic nitrogens is 1. The van der Waals surface area contributed by atoms with E-state index in [1.807, 2.05) is 0 Å². The van der Waals surface area contributed by atoms with Gasteiger partial charge in [0.1, 0.15) is 11.6 Å². The van der Waals surface area contributed by atoms with Crippen molar-refractivity contribution in [1.29, 1.82) is 5.26 Å². The smallest absolute Gasteiger partial charge is 0.276 e. The van der Waals surface area contributed by atoms with Crippen LogP contribution in [-0.2, 0) is 0 Å². The van der Waals surface area contributed by atoms with Crippen LogP contribution in [0.2, 0.25) is 0 Å². The molecule has 0 saturated carbocycles. The average Bonchev–Trinajstić information content (AvgIpc) is 2.96. The van der Waals surface area contributed by atoms with Crippen molar-refractivity contribution in [3.05, 3.63) is 45.7 Å². The number of para-hydroxylation sites is 1. The number of ether oxygens (including phenoxy) is 2. The Morgan fingerprint density at radius 2 is 2.27 bits per heavy atom. The molecular formula is C14H10N4O4. The highest BCUT2D eigenvalue weighted by molar-refractivity contribution is 5.85. The summed E-state index contributed by atoms with van der Waals surface area (Å²) >= 11 is 0. The summed E-state index contributed by atoms with van der Waals surface area (Å²) in [6.45, 7) is 0.103. The van der Waals surface area contributed by atoms with Gasteiger partial charge in [-0.1, -0.05) is 6.07 Å². The molecule has 110 valence electrons. The van der Waals surface area contributed by atoms with E-state index in [4.69, 9.17) is 20.5 Å². The number of anilines is 1. The maximum absolute atomic E-state index is 11.8. The molecule has 22 heavy (non-hydrogen) atoms. The van der Waals surface area contributed by atoms with Crippen LogP contribution in [0.1, 0.15) is 11.1 Å². The molecule has 3 N–H and O–H groups in total. The van der Waals surface area contributed by atoms with Gasteiger partial charge in [-0.15, -0.1) is 0 Å². The minimum Gasteiger partial charge on any atom is -0.492 e. The number of hydrogen-bond donors (Lipinski definition) is 2. The third-order valence-corrected chi connectivity index (χ3v) is 3.05. The number of nitrogens with two attached hydrogens (primary N) is 1. The molecule has 1 aliphatic heterocycles. The van der Waals surface area contributed by atoms with Crippen LogP contribution >= 0.6 is 0 Å². The number of nitriles is 1. The molecule has 8 nitrogen and oxygen atoms in total. The van der Waals surface area contributed by atoms with Gasteiger partial charge in [-0.3, -0.25) is 4.79 Å². The van der Waals surface area contributed by atoms with Gasteiger partial charge in [0.2, 0.25) is 12.7 Å². The van der Waals surface area contributed by atoms with Crippen molar-refractivity contribution >= 4 is 11.9 Å². The quantitative estimate of drug-likeness (QED) is 0.783. The first-order chi connectivity index (χ1) is 10.6. The standard InChI is InChI=1S/C14H10N4O4/c15-5-9-10(16)4-12(19)18(14(9)20)17-6-8-2-1-3-11-13(8)22-7-21-11/h1-4,6,20H,7,16H2/b17-6+. The Morgan fingerprint density at radius 1 is 1.45 bits per heavy atom. The van der Waals surface area contributed by atoms with E-state index in [-0.39, 0.29) is 18.0 Å². The van der Waals surface area contributed by atoms with Crippen LogP contribution in [0.15, 0.2) is 34.2 Å². The van der Waals surface area contributed by atoms with Crippen LogP contribution in [0, 0.1) is 11.3 Å². The first-order valence-corrected chi connectivity index (χ1v) is 6.19. The molecular weight excluding hydrogens is 288 g/mol. The molecule has 1 aliphatic rings. The molecule has 0 amide bonds. The van der Waals surface area contributed by atoms with Gasteiger partial charge < -0.3 is 20.3 Å². The second-order valence-electron chi connectivity index (χ2n) is 4.39. The van der Waals surface area contributed by atoms with E-state index in [0.717, 1.165) is 6.07 Å². The van der Waals surface area contributed by atoms with Gasteiger partial charge in [-0.2, -0.15) is 15.0 Å². The molecule has 0 unspecified atom stereocenters. The zero-order valence-electron chi connectivity index (χ0n) is 11.2. The van der Waals surface area contributed by atoms with Gasteiger partial charge >= 0.3 is 0 Å². The second-order valence-corrected chi connectivity index (χ2v) is 4.39. The molecule has 2 heterocycles. The highest BCUT2D eigenvalue weighted by atomic mass is 16.7. The molecule has 0 atom stereocenters. The number of aromatic hydroxyl groups is 1. The minimum atomic E-state index is -0.657. The number of rotatable bonds is 2. The maximum Gasteiger partial charge on any atom is 0.276 e. The van der Waals surface area contributed by atoms with Gasteiger partial charge in [0, 0.05) is 11.6 Å². The lowest BCUT2D eigenvalue weighted by atomic mass is 10.2. The Bertz CT molecular complexity index is 880. The summed E-state index contributed by atoms with van der Waals surface area (Å²) in [5, 5.41) is 22.7. The first kappa shape index (κ1) is 13.5. The predicted molar refractivity (Wildman–Crippen MR) is 77.1 cm³/mol. The Balaban J connectivity index is 2.07. The highest BCUT2D eigenvalue weighted by Crippen LogP contribution is 2.34. The molecule has 3 rings (SSSR count). The van der Waals surface area contributed by atoms with Crippen LogP contribution in [0.5, 0.6) is 17.4 Å². The van der Waals surface area contributed by atoms with E-state index < -0.39 is 11.4 Å². The van der Waals surface area contributed by atoms with E-state index in [9.17, 15) is 9.90 Å². The number of nitrogen functional groups attached to an aromatic ring is 1. The third-order valence-electron chi connectivity index (χ3n) is 3.05. The van der Waals surface area contributed by atoms with E-state index >= 15 is 0 Å². The molecule has 0 fully saturated rings. The van der Waals surface area contributed by atoms with Crippen molar-refractivity contribution in [2.45, 2.75) is 0 Å². The van der Waals surface area contributed by atoms with Crippen LogP contribution < -0.4 is 20.8 Å². The lowest BCUT2D eigenvalue weighted by Gasteiger charge is -2.05. The summed E-state index contributed by atoms with van der Waals surface area (Å²) in [6.07, 6.45) is 1.33. The topological polar surface area (TPSA) is 123 Å². The monoisotopic (exact) mass is 298 g/mol. The summed E-state index contributed by atoms with van der Waals surface area (Å²) < 4.78 is 11.2. The first-order valence-electron chi connectivity index (χ1n) is 6.19. The number of fused-ring (bicyclic) bond motifs is 1. The Morgan fingerprint density at radius 3 is 3.05 bits per heavy atom. The molecule has 2 aromatic rings. The fraction of sp³-hybridized carbons (Fsp3) is 0.0714. The second kappa shape index (κ2) is 5.14. The normalized spacial score (nSPS) is 12.5.